The van der Waals surface area contributed by atoms with Crippen LogP contribution in [-0.4, -0.2) is 32.5 Å². The molecule has 0 spiro atoms. The van der Waals surface area contributed by atoms with Gasteiger partial charge in [-0.1, -0.05) is 103 Å². The van der Waals surface area contributed by atoms with E-state index >= 15 is 0 Å². The Bertz CT molecular complexity index is 621. The summed E-state index contributed by atoms with van der Waals surface area (Å²) in [5, 5.41) is 2.80. The molecule has 0 saturated heterocycles. The first-order chi connectivity index (χ1) is 17.2. The minimum absolute atomic E-state index is 0.213. The number of nitrogens with one attached hydrogen (secondary N) is 1. The van der Waals surface area contributed by atoms with Crippen molar-refractivity contribution in [2.75, 3.05) is 26.4 Å². The van der Waals surface area contributed by atoms with E-state index in [0.717, 1.165) is 38.0 Å². The topological polar surface area (TPSA) is 51.4 Å². The third kappa shape index (κ3) is 21.1. The van der Waals surface area contributed by atoms with E-state index in [0.29, 0.717) is 13.2 Å². The zero-order valence-corrected chi connectivity index (χ0v) is 22.6. The summed E-state index contributed by atoms with van der Waals surface area (Å²) in [4.78, 5) is 11.8. The van der Waals surface area contributed by atoms with Crippen LogP contribution in [0.2, 0.25) is 0 Å². The lowest BCUT2D eigenvalue weighted by molar-refractivity contribution is -0.697. The molecule has 0 saturated carbocycles. The number of ether oxygens (including phenoxy) is 2. The summed E-state index contributed by atoms with van der Waals surface area (Å²) in [6.07, 6.45) is 24.7. The van der Waals surface area contributed by atoms with Crippen molar-refractivity contribution >= 4 is 6.09 Å². The first-order valence-electron chi connectivity index (χ1n) is 14.3. The molecule has 1 aromatic heterocycles. The van der Waals surface area contributed by atoms with Crippen LogP contribution in [-0.2, 0) is 16.0 Å². The SMILES string of the molecule is C=C(COCCCCCCCCCCCCCCCC)COC(=O)NCCCC[n+]1ccccc1. The molecule has 0 aliphatic carbocycles. The minimum atomic E-state index is -0.384. The molecule has 5 nitrogen and oxygen atoms in total. The van der Waals surface area contributed by atoms with Crippen LogP contribution in [0.1, 0.15) is 110 Å². The van der Waals surface area contributed by atoms with Gasteiger partial charge in [0.1, 0.15) is 13.2 Å². The second-order valence-corrected chi connectivity index (χ2v) is 9.72. The Morgan fingerprint density at radius 1 is 0.743 bits per heavy atom. The summed E-state index contributed by atoms with van der Waals surface area (Å²) in [6, 6.07) is 6.05. The Labute approximate surface area is 215 Å². The predicted molar refractivity (Wildman–Crippen MR) is 145 cm³/mol. The van der Waals surface area contributed by atoms with Crippen LogP contribution in [0.3, 0.4) is 0 Å². The van der Waals surface area contributed by atoms with Gasteiger partial charge in [0, 0.05) is 31.7 Å². The summed E-state index contributed by atoms with van der Waals surface area (Å²) < 4.78 is 13.0. The molecule has 1 aromatic rings. The van der Waals surface area contributed by atoms with Crippen molar-refractivity contribution in [1.82, 2.24) is 5.32 Å². The van der Waals surface area contributed by atoms with Crippen LogP contribution in [0.4, 0.5) is 4.79 Å². The standard InChI is InChI=1S/C30H52N2O3/c1-3-4-5-6-7-8-9-10-11-12-13-14-15-21-26-34-27-29(2)28-35-30(33)31-22-17-20-25-32-23-18-16-19-24-32/h16,18-19,23-24H,2-15,17,20-22,25-28H2,1H3/p+1. The summed E-state index contributed by atoms with van der Waals surface area (Å²) in [6.45, 7) is 9.22. The van der Waals surface area contributed by atoms with E-state index < -0.39 is 0 Å². The molecule has 0 aliphatic heterocycles. The van der Waals surface area contributed by atoms with Gasteiger partial charge in [-0.2, -0.15) is 0 Å². The number of rotatable bonds is 24. The van der Waals surface area contributed by atoms with Crippen LogP contribution < -0.4 is 9.88 Å². The van der Waals surface area contributed by atoms with Crippen LogP contribution in [0.25, 0.3) is 0 Å². The van der Waals surface area contributed by atoms with Gasteiger partial charge in [-0.15, -0.1) is 0 Å². The van der Waals surface area contributed by atoms with E-state index in [1.54, 1.807) is 0 Å². The molecule has 0 fully saturated rings. The first-order valence-corrected chi connectivity index (χ1v) is 14.3. The van der Waals surface area contributed by atoms with Gasteiger partial charge < -0.3 is 14.8 Å². The number of pyridine rings is 1. The zero-order chi connectivity index (χ0) is 25.2. The number of aromatic nitrogens is 1. The van der Waals surface area contributed by atoms with Gasteiger partial charge in [-0.3, -0.25) is 0 Å². The smallest absolute Gasteiger partial charge is 0.407 e. The lowest BCUT2D eigenvalue weighted by Gasteiger charge is -2.09. The van der Waals surface area contributed by atoms with Gasteiger partial charge in [0.05, 0.1) is 6.61 Å². The van der Waals surface area contributed by atoms with E-state index in [4.69, 9.17) is 9.47 Å². The number of aryl methyl sites for hydroxylation is 1. The highest BCUT2D eigenvalue weighted by Crippen LogP contribution is 2.13. The molecule has 1 heterocycles. The van der Waals surface area contributed by atoms with Crippen LogP contribution in [0.15, 0.2) is 42.7 Å². The molecule has 0 bridgehead atoms. The van der Waals surface area contributed by atoms with Gasteiger partial charge in [0.15, 0.2) is 12.4 Å². The molecule has 5 heteroatoms. The quantitative estimate of drug-likeness (QED) is 0.0927. The molecule has 35 heavy (non-hydrogen) atoms. The predicted octanol–water partition coefficient (Wildman–Crippen LogP) is 7.53. The molecular formula is C30H53N2O3+. The average molecular weight is 490 g/mol. The van der Waals surface area contributed by atoms with Crippen molar-refractivity contribution in [2.24, 2.45) is 0 Å². The third-order valence-electron chi connectivity index (χ3n) is 6.25. The van der Waals surface area contributed by atoms with Crippen LogP contribution >= 0.6 is 0 Å². The summed E-state index contributed by atoms with van der Waals surface area (Å²) >= 11 is 0. The van der Waals surface area contributed by atoms with Crippen molar-refractivity contribution in [2.45, 2.75) is 116 Å². The Balaban J connectivity index is 1.78. The maximum Gasteiger partial charge on any atom is 0.407 e. The Morgan fingerprint density at radius 2 is 1.31 bits per heavy atom. The van der Waals surface area contributed by atoms with Gasteiger partial charge in [0.2, 0.25) is 0 Å². The number of amides is 1. The maximum absolute atomic E-state index is 11.8. The Kier molecular flexibility index (Phi) is 21.2. The summed E-state index contributed by atoms with van der Waals surface area (Å²) in [7, 11) is 0. The van der Waals surface area contributed by atoms with Gasteiger partial charge in [-0.05, 0) is 18.4 Å². The summed E-state index contributed by atoms with van der Waals surface area (Å²) in [5.74, 6) is 0. The minimum Gasteiger partial charge on any atom is -0.445 e. The van der Waals surface area contributed by atoms with Crippen molar-refractivity contribution in [3.8, 4) is 0 Å². The molecule has 0 unspecified atom stereocenters. The number of carbonyl (C=O) groups is 1. The van der Waals surface area contributed by atoms with Crippen LogP contribution in [0, 0.1) is 0 Å². The normalized spacial score (nSPS) is 10.9. The number of alkyl carbamates (subject to hydrolysis) is 1. The maximum atomic E-state index is 11.8. The molecule has 0 radical (unpaired) electrons. The van der Waals surface area contributed by atoms with Crippen LogP contribution in [0.5, 0.6) is 0 Å². The van der Waals surface area contributed by atoms with Crippen molar-refractivity contribution in [1.29, 1.82) is 0 Å². The highest BCUT2D eigenvalue weighted by atomic mass is 16.5. The fourth-order valence-electron chi connectivity index (χ4n) is 4.07. The Hall–Kier alpha value is -1.88. The van der Waals surface area contributed by atoms with Crippen molar-refractivity contribution in [3.05, 3.63) is 42.7 Å². The molecule has 0 aliphatic rings. The Morgan fingerprint density at radius 3 is 1.91 bits per heavy atom. The molecule has 200 valence electrons. The molecule has 0 atom stereocenters. The molecule has 1 rings (SSSR count). The first kappa shape index (κ1) is 31.2. The lowest BCUT2D eigenvalue weighted by Crippen LogP contribution is -2.33. The fourth-order valence-corrected chi connectivity index (χ4v) is 4.07. The summed E-state index contributed by atoms with van der Waals surface area (Å²) in [5.41, 5.74) is 0.797. The largest absolute Gasteiger partial charge is 0.445 e. The number of hydrogen-bond donors (Lipinski definition) is 1. The van der Waals surface area contributed by atoms with Crippen molar-refractivity contribution in [3.63, 3.8) is 0 Å². The van der Waals surface area contributed by atoms with Gasteiger partial charge in [-0.25, -0.2) is 9.36 Å². The third-order valence-corrected chi connectivity index (χ3v) is 6.25. The van der Waals surface area contributed by atoms with E-state index in [2.05, 4.69) is 35.8 Å². The highest BCUT2D eigenvalue weighted by molar-refractivity contribution is 5.67. The monoisotopic (exact) mass is 489 g/mol. The second-order valence-electron chi connectivity index (χ2n) is 9.72. The number of carbonyl (C=O) groups excluding carboxylic acids is 1. The number of nitrogens with zero attached hydrogens (tertiary/aromatic N) is 1. The van der Waals surface area contributed by atoms with Crippen molar-refractivity contribution < 1.29 is 18.8 Å². The average Bonchev–Trinajstić information content (AvgIpc) is 2.87. The lowest BCUT2D eigenvalue weighted by atomic mass is 10.0. The van der Waals surface area contributed by atoms with Gasteiger partial charge >= 0.3 is 6.09 Å². The molecule has 1 amide bonds. The number of hydrogen-bond acceptors (Lipinski definition) is 3. The molecule has 0 aromatic carbocycles. The van der Waals surface area contributed by atoms with Gasteiger partial charge in [0.25, 0.3) is 0 Å². The molecular weight excluding hydrogens is 436 g/mol. The molecule has 1 N–H and O–H groups in total. The van der Waals surface area contributed by atoms with E-state index in [1.165, 1.54) is 83.5 Å². The van der Waals surface area contributed by atoms with E-state index in [9.17, 15) is 4.79 Å². The highest BCUT2D eigenvalue weighted by Gasteiger charge is 2.04. The van der Waals surface area contributed by atoms with E-state index in [1.807, 2.05) is 18.2 Å². The second kappa shape index (κ2) is 23.8. The fraction of sp³-hybridized carbons (Fsp3) is 0.733. The number of unbranched alkanes of at least 4 members (excludes halogenated alkanes) is 14. The van der Waals surface area contributed by atoms with E-state index in [-0.39, 0.29) is 12.7 Å². The zero-order valence-electron chi connectivity index (χ0n) is 22.6.